The van der Waals surface area contributed by atoms with Crippen molar-refractivity contribution in [3.8, 4) is 6.07 Å². The van der Waals surface area contributed by atoms with E-state index in [9.17, 15) is 0 Å². The zero-order valence-electron chi connectivity index (χ0n) is 6.20. The lowest BCUT2D eigenvalue weighted by atomic mass is 10.1. The van der Waals surface area contributed by atoms with Crippen LogP contribution in [-0.2, 0) is 0 Å². The lowest BCUT2D eigenvalue weighted by Gasteiger charge is -2.24. The molecule has 52 valence electrons. The first kappa shape index (κ1) is 6.88. The fourth-order valence-electron chi connectivity index (χ4n) is 0.901. The van der Waals surface area contributed by atoms with Gasteiger partial charge >= 0.3 is 0 Å². The van der Waals surface area contributed by atoms with Crippen molar-refractivity contribution >= 4 is 0 Å². The summed E-state index contributed by atoms with van der Waals surface area (Å²) in [7, 11) is 1.96. The first-order valence-electron chi connectivity index (χ1n) is 3.26. The second kappa shape index (κ2) is 2.57. The summed E-state index contributed by atoms with van der Waals surface area (Å²) in [5.74, 6) is 0. The lowest BCUT2D eigenvalue weighted by molar-refractivity contribution is 0.393. The van der Waals surface area contributed by atoms with Crippen LogP contribution in [0.4, 0.5) is 0 Å². The molecular formula is C8H10N2. The summed E-state index contributed by atoms with van der Waals surface area (Å²) in [6.45, 7) is 2.01. The van der Waals surface area contributed by atoms with Gasteiger partial charge in [-0.25, -0.2) is 0 Å². The Morgan fingerprint density at radius 3 is 2.90 bits per heavy atom. The van der Waals surface area contributed by atoms with Gasteiger partial charge in [0.25, 0.3) is 0 Å². The molecule has 10 heavy (non-hydrogen) atoms. The van der Waals surface area contributed by atoms with Gasteiger partial charge in [0.1, 0.15) is 0 Å². The molecule has 0 aromatic carbocycles. The minimum atomic E-state index is 0.231. The average Bonchev–Trinajstić information content (AvgIpc) is 1.95. The number of nitrogens with zero attached hydrogens (tertiary/aromatic N) is 2. The molecule has 0 N–H and O–H groups in total. The Balaban J connectivity index is 2.84. The van der Waals surface area contributed by atoms with E-state index in [1.165, 1.54) is 0 Å². The molecule has 0 aromatic heterocycles. The van der Waals surface area contributed by atoms with Gasteiger partial charge in [-0.15, -0.1) is 0 Å². The quantitative estimate of drug-likeness (QED) is 0.499. The molecule has 1 heterocycles. The molecule has 1 rings (SSSR count). The topological polar surface area (TPSA) is 27.0 Å². The Morgan fingerprint density at radius 1 is 1.70 bits per heavy atom. The van der Waals surface area contributed by atoms with Crippen LogP contribution in [0.25, 0.3) is 0 Å². The third-order valence-corrected chi connectivity index (χ3v) is 1.79. The third-order valence-electron chi connectivity index (χ3n) is 1.79. The zero-order valence-corrected chi connectivity index (χ0v) is 6.20. The molecule has 0 amide bonds. The van der Waals surface area contributed by atoms with E-state index in [4.69, 9.17) is 5.26 Å². The van der Waals surface area contributed by atoms with Crippen LogP contribution in [0.2, 0.25) is 0 Å². The summed E-state index contributed by atoms with van der Waals surface area (Å²) in [5, 5.41) is 8.60. The van der Waals surface area contributed by atoms with Crippen LogP contribution in [0.1, 0.15) is 6.92 Å². The molecule has 0 aromatic rings. The van der Waals surface area contributed by atoms with E-state index < -0.39 is 0 Å². The highest BCUT2D eigenvalue weighted by atomic mass is 15.1. The monoisotopic (exact) mass is 134 g/mol. The molecule has 2 heteroatoms. The summed E-state index contributed by atoms with van der Waals surface area (Å²) in [6.07, 6.45) is 5.70. The van der Waals surface area contributed by atoms with E-state index in [0.717, 1.165) is 5.57 Å². The maximum atomic E-state index is 8.60. The van der Waals surface area contributed by atoms with Crippen molar-refractivity contribution in [2.45, 2.75) is 13.0 Å². The van der Waals surface area contributed by atoms with Crippen molar-refractivity contribution in [1.29, 1.82) is 5.26 Å². The van der Waals surface area contributed by atoms with Crippen LogP contribution < -0.4 is 0 Å². The van der Waals surface area contributed by atoms with Gasteiger partial charge in [-0.3, -0.25) is 0 Å². The minimum absolute atomic E-state index is 0.231. The highest BCUT2D eigenvalue weighted by molar-refractivity contribution is 5.33. The highest BCUT2D eigenvalue weighted by Crippen LogP contribution is 2.12. The van der Waals surface area contributed by atoms with Crippen molar-refractivity contribution in [1.82, 2.24) is 4.90 Å². The Kier molecular flexibility index (Phi) is 1.77. The van der Waals surface area contributed by atoms with Crippen LogP contribution in [-0.4, -0.2) is 18.0 Å². The van der Waals surface area contributed by atoms with Crippen molar-refractivity contribution in [3.05, 3.63) is 23.9 Å². The highest BCUT2D eigenvalue weighted by Gasteiger charge is 2.12. The first-order valence-corrected chi connectivity index (χ1v) is 3.26. The average molecular weight is 134 g/mol. The molecule has 0 saturated carbocycles. The van der Waals surface area contributed by atoms with Crippen LogP contribution in [0.15, 0.2) is 23.9 Å². The first-order chi connectivity index (χ1) is 4.75. The van der Waals surface area contributed by atoms with Gasteiger partial charge in [0.2, 0.25) is 0 Å². The number of likely N-dealkylation sites (N-methyl/N-ethyl adjacent to an activating group) is 1. The van der Waals surface area contributed by atoms with E-state index in [0.29, 0.717) is 0 Å². The fourth-order valence-corrected chi connectivity index (χ4v) is 0.901. The standard InChI is InChI=1S/C8H10N2/c1-7-8(6-9)4-3-5-10(7)2/h3-5,7H,1-2H3. The smallest absolute Gasteiger partial charge is 0.0969 e. The largest absolute Gasteiger partial charge is 0.373 e. The summed E-state index contributed by atoms with van der Waals surface area (Å²) < 4.78 is 0. The maximum absolute atomic E-state index is 8.60. The fraction of sp³-hybridized carbons (Fsp3) is 0.375. The van der Waals surface area contributed by atoms with Crippen molar-refractivity contribution < 1.29 is 0 Å². The molecule has 0 spiro atoms. The van der Waals surface area contributed by atoms with Gasteiger partial charge in [-0.05, 0) is 25.3 Å². The Hall–Kier alpha value is -1.23. The maximum Gasteiger partial charge on any atom is 0.0969 e. The second-order valence-electron chi connectivity index (χ2n) is 2.42. The lowest BCUT2D eigenvalue weighted by Crippen LogP contribution is -2.26. The minimum Gasteiger partial charge on any atom is -0.373 e. The van der Waals surface area contributed by atoms with E-state index in [2.05, 4.69) is 6.07 Å². The molecule has 0 saturated heterocycles. The summed E-state index contributed by atoms with van der Waals surface area (Å²) >= 11 is 0. The van der Waals surface area contributed by atoms with Crippen LogP contribution in [0.3, 0.4) is 0 Å². The number of hydrogen-bond acceptors (Lipinski definition) is 2. The molecule has 1 aliphatic rings. The second-order valence-corrected chi connectivity index (χ2v) is 2.42. The number of nitriles is 1. The Bertz CT molecular complexity index is 220. The van der Waals surface area contributed by atoms with E-state index in [1.54, 1.807) is 0 Å². The summed E-state index contributed by atoms with van der Waals surface area (Å²) in [4.78, 5) is 2.01. The van der Waals surface area contributed by atoms with E-state index in [-0.39, 0.29) is 6.04 Å². The van der Waals surface area contributed by atoms with Gasteiger partial charge in [-0.1, -0.05) is 0 Å². The number of rotatable bonds is 0. The Morgan fingerprint density at radius 2 is 2.40 bits per heavy atom. The molecule has 0 radical (unpaired) electrons. The Labute approximate surface area is 61.1 Å². The molecule has 0 bridgehead atoms. The molecule has 2 nitrogen and oxygen atoms in total. The van der Waals surface area contributed by atoms with Gasteiger partial charge < -0.3 is 4.90 Å². The zero-order chi connectivity index (χ0) is 7.56. The number of hydrogen-bond donors (Lipinski definition) is 0. The predicted molar refractivity (Wildman–Crippen MR) is 40.1 cm³/mol. The van der Waals surface area contributed by atoms with Crippen molar-refractivity contribution in [2.24, 2.45) is 0 Å². The third kappa shape index (κ3) is 1.03. The van der Waals surface area contributed by atoms with E-state index in [1.807, 2.05) is 37.2 Å². The van der Waals surface area contributed by atoms with Gasteiger partial charge in [0, 0.05) is 7.05 Å². The number of allylic oxidation sites excluding steroid dienone is 2. The SMILES string of the molecule is CC1C(C#N)=CC=CN1C. The summed E-state index contributed by atoms with van der Waals surface area (Å²) in [5.41, 5.74) is 0.824. The van der Waals surface area contributed by atoms with Gasteiger partial charge in [0.05, 0.1) is 17.7 Å². The molecular weight excluding hydrogens is 124 g/mol. The van der Waals surface area contributed by atoms with Crippen LogP contribution in [0.5, 0.6) is 0 Å². The van der Waals surface area contributed by atoms with Crippen molar-refractivity contribution in [2.75, 3.05) is 7.05 Å². The molecule has 0 aliphatic carbocycles. The normalized spacial score (nSPS) is 23.9. The summed E-state index contributed by atoms with van der Waals surface area (Å²) in [6, 6.07) is 2.38. The predicted octanol–water partition coefficient (Wildman–Crippen LogP) is 1.28. The van der Waals surface area contributed by atoms with Gasteiger partial charge in [-0.2, -0.15) is 5.26 Å². The molecule has 1 unspecified atom stereocenters. The molecule has 1 aliphatic heterocycles. The van der Waals surface area contributed by atoms with Crippen LogP contribution >= 0.6 is 0 Å². The van der Waals surface area contributed by atoms with Gasteiger partial charge in [0.15, 0.2) is 0 Å². The van der Waals surface area contributed by atoms with E-state index >= 15 is 0 Å². The molecule has 1 atom stereocenters. The van der Waals surface area contributed by atoms with Crippen molar-refractivity contribution in [3.63, 3.8) is 0 Å². The molecule has 0 fully saturated rings. The van der Waals surface area contributed by atoms with Crippen LogP contribution in [0, 0.1) is 11.3 Å².